The van der Waals surface area contributed by atoms with E-state index in [0.29, 0.717) is 126 Å². The van der Waals surface area contributed by atoms with Crippen molar-refractivity contribution in [3.8, 4) is 0 Å². The molecule has 0 bridgehead atoms. The number of piperidine rings is 1. The molecule has 2 aromatic rings. The van der Waals surface area contributed by atoms with Gasteiger partial charge in [0.2, 0.25) is 29.6 Å². The monoisotopic (exact) mass is 772 g/mol. The summed E-state index contributed by atoms with van der Waals surface area (Å²) in [6.45, 7) is 10.9. The summed E-state index contributed by atoms with van der Waals surface area (Å²) in [5, 5.41) is 15.3. The maximum absolute atomic E-state index is 12.8. The Hall–Kier alpha value is -4.31. The van der Waals surface area contributed by atoms with E-state index in [0.717, 1.165) is 32.1 Å². The van der Waals surface area contributed by atoms with Crippen LogP contribution in [0.15, 0.2) is 43.1 Å². The largest absolute Gasteiger partial charge is 0.379 e. The van der Waals surface area contributed by atoms with Gasteiger partial charge in [0.15, 0.2) is 5.82 Å². The molecule has 4 amide bonds. The Bertz CT molecular complexity index is 1460. The van der Waals surface area contributed by atoms with Gasteiger partial charge in [0, 0.05) is 64.7 Å². The number of nitrogens with zero attached hydrogens (tertiary/aromatic N) is 3. The Morgan fingerprint density at radius 3 is 2.06 bits per heavy atom. The molecule has 1 aliphatic heterocycles. The fourth-order valence-corrected chi connectivity index (χ4v) is 5.55. The average molecular weight is 773 g/mol. The average Bonchev–Trinajstić information content (AvgIpc) is 3.17. The number of para-hydroxylation sites is 2. The Kier molecular flexibility index (Phi) is 21.6. The Labute approximate surface area is 323 Å². The summed E-state index contributed by atoms with van der Waals surface area (Å²) >= 11 is 6.37. The predicted molar refractivity (Wildman–Crippen MR) is 210 cm³/mol. The van der Waals surface area contributed by atoms with Crippen molar-refractivity contribution >= 4 is 58.4 Å². The van der Waals surface area contributed by atoms with Gasteiger partial charge < -0.3 is 45.7 Å². The van der Waals surface area contributed by atoms with Gasteiger partial charge in [0.25, 0.3) is 0 Å². The van der Waals surface area contributed by atoms with Gasteiger partial charge in [0.05, 0.1) is 44.0 Å². The van der Waals surface area contributed by atoms with E-state index in [-0.39, 0.29) is 29.7 Å². The van der Waals surface area contributed by atoms with Gasteiger partial charge >= 0.3 is 0 Å². The van der Waals surface area contributed by atoms with Crippen LogP contribution in [0.5, 0.6) is 0 Å². The van der Waals surface area contributed by atoms with Gasteiger partial charge in [-0.15, -0.1) is 0 Å². The molecule has 54 heavy (non-hydrogen) atoms. The van der Waals surface area contributed by atoms with Crippen molar-refractivity contribution in [2.45, 2.75) is 77.2 Å². The molecule has 0 atom stereocenters. The number of hydrogen-bond acceptors (Lipinski definition) is 11. The molecule has 1 fully saturated rings. The Morgan fingerprint density at radius 2 is 1.44 bits per heavy atom. The zero-order valence-electron chi connectivity index (χ0n) is 31.5. The maximum atomic E-state index is 12.8. The van der Waals surface area contributed by atoms with Gasteiger partial charge in [-0.1, -0.05) is 43.7 Å². The zero-order valence-corrected chi connectivity index (χ0v) is 32.2. The number of nitrogens with one attached hydrogen (secondary N) is 5. The third-order valence-electron chi connectivity index (χ3n) is 8.42. The molecule has 15 nitrogen and oxygen atoms in total. The van der Waals surface area contributed by atoms with Crippen LogP contribution in [-0.4, -0.2) is 110 Å². The first kappa shape index (κ1) is 44.1. The molecule has 1 aliphatic rings. The molecule has 2 heterocycles. The molecule has 1 saturated heterocycles. The SMILES string of the molecule is C=CC(=O)Nc1ccccc1Nc1nc(NC2CCN(C(=O)CCCC(=O)NCCCOCCOCCOCCCNC(=O)CCCC)CC2)ncc1Cl. The number of ether oxygens (including phenoxy) is 3. The lowest BCUT2D eigenvalue weighted by Crippen LogP contribution is -2.42. The number of aromatic nitrogens is 2. The second kappa shape index (κ2) is 26.5. The third kappa shape index (κ3) is 18.1. The van der Waals surface area contributed by atoms with E-state index in [2.05, 4.69) is 50.1 Å². The van der Waals surface area contributed by atoms with Crippen molar-refractivity contribution in [1.29, 1.82) is 0 Å². The zero-order chi connectivity index (χ0) is 38.8. The minimum atomic E-state index is -0.337. The van der Waals surface area contributed by atoms with Crippen LogP contribution in [0.3, 0.4) is 0 Å². The van der Waals surface area contributed by atoms with Crippen molar-refractivity contribution < 1.29 is 33.4 Å². The third-order valence-corrected chi connectivity index (χ3v) is 8.70. The lowest BCUT2D eigenvalue weighted by Gasteiger charge is -2.32. The molecule has 0 aliphatic carbocycles. The van der Waals surface area contributed by atoms with E-state index in [1.807, 2.05) is 11.0 Å². The standard InChI is InChI=1S/C38H57ClN8O7/c1-3-5-13-34(49)40-18-9-22-52-24-26-54-27-25-53-23-10-19-41-35(50)14-8-15-36(51)47-20-16-29(17-21-47)43-38-42-28-30(39)37(46-38)45-32-12-7-6-11-31(32)44-33(48)4-2/h4,6-7,11-12,28-29H,2-3,5,8-10,13-27H2,1H3,(H,40,49)(H,41,50)(H,44,48)(H2,42,43,45,46). The van der Waals surface area contributed by atoms with Crippen molar-refractivity contribution in [3.05, 3.63) is 48.1 Å². The Balaban J connectivity index is 1.18. The van der Waals surface area contributed by atoms with E-state index >= 15 is 0 Å². The number of rotatable bonds is 27. The molecule has 0 unspecified atom stereocenters. The summed E-state index contributed by atoms with van der Waals surface area (Å²) in [6.07, 6.45) is 9.24. The van der Waals surface area contributed by atoms with Crippen LogP contribution >= 0.6 is 11.6 Å². The highest BCUT2D eigenvalue weighted by Crippen LogP contribution is 2.29. The number of unbranched alkanes of at least 4 members (excludes halogenated alkanes) is 1. The van der Waals surface area contributed by atoms with Gasteiger partial charge in [0.1, 0.15) is 5.02 Å². The summed E-state index contributed by atoms with van der Waals surface area (Å²) < 4.78 is 16.6. The summed E-state index contributed by atoms with van der Waals surface area (Å²) in [6, 6.07) is 7.25. The molecule has 1 aromatic heterocycles. The first-order valence-corrected chi connectivity index (χ1v) is 19.3. The van der Waals surface area contributed by atoms with Crippen LogP contribution in [0.25, 0.3) is 0 Å². The second-order valence-corrected chi connectivity index (χ2v) is 13.2. The summed E-state index contributed by atoms with van der Waals surface area (Å²) in [5.41, 5.74) is 1.16. The number of carbonyl (C=O) groups excluding carboxylic acids is 4. The van der Waals surface area contributed by atoms with Crippen LogP contribution in [0.2, 0.25) is 5.02 Å². The van der Waals surface area contributed by atoms with Crippen molar-refractivity contribution in [1.82, 2.24) is 25.5 Å². The molecule has 1 aromatic carbocycles. The lowest BCUT2D eigenvalue weighted by molar-refractivity contribution is -0.132. The van der Waals surface area contributed by atoms with Crippen LogP contribution < -0.4 is 26.6 Å². The van der Waals surface area contributed by atoms with E-state index in [1.165, 1.54) is 12.3 Å². The minimum Gasteiger partial charge on any atom is -0.379 e. The molecule has 5 N–H and O–H groups in total. The van der Waals surface area contributed by atoms with Crippen LogP contribution in [0.4, 0.5) is 23.1 Å². The van der Waals surface area contributed by atoms with Gasteiger partial charge in [-0.25, -0.2) is 4.98 Å². The number of halogens is 1. The van der Waals surface area contributed by atoms with E-state index < -0.39 is 0 Å². The Morgan fingerprint density at radius 1 is 0.852 bits per heavy atom. The molecule has 0 radical (unpaired) electrons. The number of benzene rings is 1. The molecule has 298 valence electrons. The number of hydrogen-bond donors (Lipinski definition) is 5. The first-order chi connectivity index (χ1) is 26.3. The van der Waals surface area contributed by atoms with E-state index in [9.17, 15) is 19.2 Å². The van der Waals surface area contributed by atoms with Crippen molar-refractivity contribution in [3.63, 3.8) is 0 Å². The molecular formula is C38H57ClN8O7. The van der Waals surface area contributed by atoms with Crippen LogP contribution in [0, 0.1) is 0 Å². The summed E-state index contributed by atoms with van der Waals surface area (Å²) in [5.74, 6) is 0.514. The number of likely N-dealkylation sites (tertiary alicyclic amines) is 1. The lowest BCUT2D eigenvalue weighted by atomic mass is 10.0. The highest BCUT2D eigenvalue weighted by Gasteiger charge is 2.23. The summed E-state index contributed by atoms with van der Waals surface area (Å²) in [7, 11) is 0. The number of anilines is 4. The maximum Gasteiger partial charge on any atom is 0.247 e. The topological polar surface area (TPSA) is 185 Å². The number of amides is 4. The fourth-order valence-electron chi connectivity index (χ4n) is 5.41. The first-order valence-electron chi connectivity index (χ1n) is 18.9. The van der Waals surface area contributed by atoms with Crippen molar-refractivity contribution in [2.75, 3.05) is 81.8 Å². The smallest absolute Gasteiger partial charge is 0.247 e. The molecule has 0 spiro atoms. The highest BCUT2D eigenvalue weighted by atomic mass is 35.5. The van der Waals surface area contributed by atoms with Gasteiger partial charge in [-0.2, -0.15) is 4.98 Å². The van der Waals surface area contributed by atoms with E-state index in [1.54, 1.807) is 18.2 Å². The predicted octanol–water partition coefficient (Wildman–Crippen LogP) is 4.82. The molecule has 3 rings (SSSR count). The van der Waals surface area contributed by atoms with Crippen LogP contribution in [0.1, 0.15) is 71.1 Å². The highest BCUT2D eigenvalue weighted by molar-refractivity contribution is 6.33. The van der Waals surface area contributed by atoms with E-state index in [4.69, 9.17) is 25.8 Å². The normalized spacial score (nSPS) is 12.9. The second-order valence-electron chi connectivity index (χ2n) is 12.8. The quantitative estimate of drug-likeness (QED) is 0.0620. The number of carbonyl (C=O) groups is 4. The minimum absolute atomic E-state index is 0.0445. The fraction of sp³-hybridized carbons (Fsp3) is 0.579. The molecule has 16 heteroatoms. The van der Waals surface area contributed by atoms with Gasteiger partial charge in [-0.05, 0) is 56.7 Å². The molecular weight excluding hydrogens is 716 g/mol. The van der Waals surface area contributed by atoms with Crippen LogP contribution in [-0.2, 0) is 33.4 Å². The van der Waals surface area contributed by atoms with Crippen molar-refractivity contribution in [2.24, 2.45) is 0 Å². The molecule has 0 saturated carbocycles. The summed E-state index contributed by atoms with van der Waals surface area (Å²) in [4.78, 5) is 59.1. The van der Waals surface area contributed by atoms with Gasteiger partial charge in [-0.3, -0.25) is 19.2 Å².